The summed E-state index contributed by atoms with van der Waals surface area (Å²) in [7, 11) is 1.88. The van der Waals surface area contributed by atoms with Gasteiger partial charge in [0.25, 0.3) is 0 Å². The van der Waals surface area contributed by atoms with Gasteiger partial charge in [0.1, 0.15) is 5.82 Å². The molecule has 112 valence electrons. The summed E-state index contributed by atoms with van der Waals surface area (Å²) in [6, 6.07) is 15.4. The maximum Gasteiger partial charge on any atom is 0.147 e. The molecule has 0 saturated heterocycles. The molecule has 0 aromatic heterocycles. The van der Waals surface area contributed by atoms with Crippen LogP contribution in [0.3, 0.4) is 0 Å². The number of hydrogen-bond acceptors (Lipinski definition) is 2. The van der Waals surface area contributed by atoms with E-state index in [0.717, 1.165) is 24.2 Å². The van der Waals surface area contributed by atoms with E-state index in [-0.39, 0.29) is 11.9 Å². The van der Waals surface area contributed by atoms with Gasteiger partial charge in [-0.3, -0.25) is 0 Å². The topological polar surface area (TPSA) is 15.3 Å². The summed E-state index contributed by atoms with van der Waals surface area (Å²) in [5.41, 5.74) is 2.54. The second kappa shape index (κ2) is 7.23. The molecule has 0 bridgehead atoms. The summed E-state index contributed by atoms with van der Waals surface area (Å²) in [4.78, 5) is 1.86. The van der Waals surface area contributed by atoms with Crippen LogP contribution in [-0.4, -0.2) is 13.6 Å². The molecule has 1 atom stereocenters. The fourth-order valence-electron chi connectivity index (χ4n) is 2.33. The van der Waals surface area contributed by atoms with E-state index < -0.39 is 0 Å². The second-order valence-electron chi connectivity index (χ2n) is 5.28. The van der Waals surface area contributed by atoms with Crippen molar-refractivity contribution in [1.29, 1.82) is 0 Å². The van der Waals surface area contributed by atoms with E-state index in [9.17, 15) is 4.39 Å². The van der Waals surface area contributed by atoms with E-state index >= 15 is 0 Å². The lowest BCUT2D eigenvalue weighted by molar-refractivity contribution is 0.562. The molecule has 3 heteroatoms. The predicted octanol–water partition coefficient (Wildman–Crippen LogP) is 4.65. The zero-order valence-corrected chi connectivity index (χ0v) is 12.9. The van der Waals surface area contributed by atoms with Gasteiger partial charge in [-0.05, 0) is 49.7 Å². The lowest BCUT2D eigenvalue weighted by atomic mass is 10.1. The van der Waals surface area contributed by atoms with Gasteiger partial charge in [0.2, 0.25) is 0 Å². The smallest absolute Gasteiger partial charge is 0.147 e. The summed E-state index contributed by atoms with van der Waals surface area (Å²) >= 11 is 0. The van der Waals surface area contributed by atoms with Gasteiger partial charge >= 0.3 is 0 Å². The van der Waals surface area contributed by atoms with Crippen molar-refractivity contribution in [3.8, 4) is 0 Å². The highest BCUT2D eigenvalue weighted by atomic mass is 19.1. The molecule has 0 fully saturated rings. The molecule has 0 aliphatic heterocycles. The van der Waals surface area contributed by atoms with Crippen LogP contribution in [0.1, 0.15) is 31.9 Å². The van der Waals surface area contributed by atoms with Crippen molar-refractivity contribution in [1.82, 2.24) is 5.32 Å². The lowest BCUT2D eigenvalue weighted by Crippen LogP contribution is -2.19. The third-order valence-corrected chi connectivity index (χ3v) is 3.68. The van der Waals surface area contributed by atoms with Crippen LogP contribution in [0.4, 0.5) is 15.8 Å². The SMILES string of the molecule is CCCNC(C)c1ccc(N(C)c2ccccc2)c(F)c1. The highest BCUT2D eigenvalue weighted by Crippen LogP contribution is 2.28. The second-order valence-corrected chi connectivity index (χ2v) is 5.28. The molecular weight excluding hydrogens is 263 g/mol. The van der Waals surface area contributed by atoms with Gasteiger partial charge in [-0.15, -0.1) is 0 Å². The quantitative estimate of drug-likeness (QED) is 0.831. The van der Waals surface area contributed by atoms with Gasteiger partial charge in [0.15, 0.2) is 0 Å². The predicted molar refractivity (Wildman–Crippen MR) is 87.6 cm³/mol. The average molecular weight is 286 g/mol. The van der Waals surface area contributed by atoms with Gasteiger partial charge in [-0.25, -0.2) is 4.39 Å². The lowest BCUT2D eigenvalue weighted by Gasteiger charge is -2.21. The molecule has 1 N–H and O–H groups in total. The highest BCUT2D eigenvalue weighted by molar-refractivity contribution is 5.63. The molecule has 2 rings (SSSR count). The highest BCUT2D eigenvalue weighted by Gasteiger charge is 2.12. The normalized spacial score (nSPS) is 12.2. The molecule has 0 aliphatic carbocycles. The summed E-state index contributed by atoms with van der Waals surface area (Å²) in [6.07, 6.45) is 1.07. The Kier molecular flexibility index (Phi) is 5.34. The van der Waals surface area contributed by atoms with Crippen molar-refractivity contribution < 1.29 is 4.39 Å². The number of hydrogen-bond donors (Lipinski definition) is 1. The molecule has 21 heavy (non-hydrogen) atoms. The molecule has 0 heterocycles. The van der Waals surface area contributed by atoms with Crippen LogP contribution in [0, 0.1) is 5.82 Å². The third kappa shape index (κ3) is 3.82. The van der Waals surface area contributed by atoms with Crippen LogP contribution in [-0.2, 0) is 0 Å². The summed E-state index contributed by atoms with van der Waals surface area (Å²) in [6.45, 7) is 5.12. The number of benzene rings is 2. The number of rotatable bonds is 6. The van der Waals surface area contributed by atoms with Crippen molar-refractivity contribution in [3.63, 3.8) is 0 Å². The number of anilines is 2. The van der Waals surface area contributed by atoms with E-state index in [1.165, 1.54) is 0 Å². The fraction of sp³-hybridized carbons (Fsp3) is 0.333. The van der Waals surface area contributed by atoms with Crippen molar-refractivity contribution in [3.05, 3.63) is 59.9 Å². The Morgan fingerprint density at radius 2 is 1.86 bits per heavy atom. The molecule has 0 saturated carbocycles. The minimum Gasteiger partial charge on any atom is -0.342 e. The first-order chi connectivity index (χ1) is 10.1. The van der Waals surface area contributed by atoms with E-state index in [1.807, 2.05) is 54.4 Å². The molecule has 2 aromatic carbocycles. The zero-order chi connectivity index (χ0) is 15.2. The Labute approximate surface area is 126 Å². The Morgan fingerprint density at radius 3 is 2.48 bits per heavy atom. The van der Waals surface area contributed by atoms with Gasteiger partial charge in [-0.2, -0.15) is 0 Å². The van der Waals surface area contributed by atoms with Crippen LogP contribution in [0.2, 0.25) is 0 Å². The molecule has 0 spiro atoms. The van der Waals surface area contributed by atoms with E-state index in [2.05, 4.69) is 19.2 Å². The minimum absolute atomic E-state index is 0.163. The number of para-hydroxylation sites is 1. The standard InChI is InChI=1S/C18H23FN2/c1-4-12-20-14(2)15-10-11-18(17(19)13-15)21(3)16-8-6-5-7-9-16/h5-11,13-14,20H,4,12H2,1-3H3. The van der Waals surface area contributed by atoms with E-state index in [4.69, 9.17) is 0 Å². The Bertz CT molecular complexity index is 569. The van der Waals surface area contributed by atoms with Crippen molar-refractivity contribution in [2.45, 2.75) is 26.3 Å². The van der Waals surface area contributed by atoms with Crippen LogP contribution < -0.4 is 10.2 Å². The van der Waals surface area contributed by atoms with Crippen molar-refractivity contribution >= 4 is 11.4 Å². The monoisotopic (exact) mass is 286 g/mol. The third-order valence-electron chi connectivity index (χ3n) is 3.68. The van der Waals surface area contributed by atoms with Gasteiger partial charge in [0.05, 0.1) is 5.69 Å². The van der Waals surface area contributed by atoms with Gasteiger partial charge in [0, 0.05) is 18.8 Å². The molecule has 2 aromatic rings. The van der Waals surface area contributed by atoms with E-state index in [0.29, 0.717) is 5.69 Å². The summed E-state index contributed by atoms with van der Waals surface area (Å²) in [5, 5.41) is 3.38. The molecule has 0 radical (unpaired) electrons. The molecule has 0 amide bonds. The fourth-order valence-corrected chi connectivity index (χ4v) is 2.33. The minimum atomic E-state index is -0.191. The first kappa shape index (κ1) is 15.5. The van der Waals surface area contributed by atoms with Crippen molar-refractivity contribution in [2.24, 2.45) is 0 Å². The van der Waals surface area contributed by atoms with Crippen LogP contribution in [0.25, 0.3) is 0 Å². The Hall–Kier alpha value is -1.87. The molecule has 1 unspecified atom stereocenters. The number of nitrogens with one attached hydrogen (secondary N) is 1. The Balaban J connectivity index is 2.19. The first-order valence-electron chi connectivity index (χ1n) is 7.45. The van der Waals surface area contributed by atoms with Crippen LogP contribution in [0.15, 0.2) is 48.5 Å². The Morgan fingerprint density at radius 1 is 1.14 bits per heavy atom. The number of nitrogens with zero attached hydrogens (tertiary/aromatic N) is 1. The van der Waals surface area contributed by atoms with E-state index in [1.54, 1.807) is 6.07 Å². The zero-order valence-electron chi connectivity index (χ0n) is 12.9. The van der Waals surface area contributed by atoms with Gasteiger partial charge < -0.3 is 10.2 Å². The van der Waals surface area contributed by atoms with Crippen LogP contribution >= 0.6 is 0 Å². The van der Waals surface area contributed by atoms with Gasteiger partial charge in [-0.1, -0.05) is 31.2 Å². The molecule has 0 aliphatic rings. The molecular formula is C18H23FN2. The first-order valence-corrected chi connectivity index (χ1v) is 7.45. The number of halogens is 1. The van der Waals surface area contributed by atoms with Crippen molar-refractivity contribution in [2.75, 3.05) is 18.5 Å². The summed E-state index contributed by atoms with van der Waals surface area (Å²) < 4.78 is 14.4. The average Bonchev–Trinajstić information content (AvgIpc) is 2.52. The van der Waals surface area contributed by atoms with Crippen LogP contribution in [0.5, 0.6) is 0 Å². The summed E-state index contributed by atoms with van der Waals surface area (Å²) in [5.74, 6) is -0.191. The maximum atomic E-state index is 14.4. The largest absolute Gasteiger partial charge is 0.342 e. The maximum absolute atomic E-state index is 14.4. The molecule has 2 nitrogen and oxygen atoms in total.